The maximum Gasteiger partial charge on any atom is 0.210 e. The number of nitrogens with zero attached hydrogens (tertiary/aromatic N) is 5. The Balaban J connectivity index is 1.74. The van der Waals surface area contributed by atoms with Gasteiger partial charge in [-0.15, -0.1) is 10.2 Å². The Kier molecular flexibility index (Phi) is 3.62. The van der Waals surface area contributed by atoms with Gasteiger partial charge in [-0.05, 0) is 20.8 Å². The summed E-state index contributed by atoms with van der Waals surface area (Å²) in [6, 6.07) is 2.53. The minimum Gasteiger partial charge on any atom is -0.315 e. The number of nitrogens with one attached hydrogen (secondary N) is 1. The van der Waals surface area contributed by atoms with Crippen LogP contribution in [-0.4, -0.2) is 44.2 Å². The molecule has 0 unspecified atom stereocenters. The molecule has 7 heteroatoms. The van der Waals surface area contributed by atoms with Crippen LogP contribution < -0.4 is 5.32 Å². The second-order valence-electron chi connectivity index (χ2n) is 5.37. The van der Waals surface area contributed by atoms with Crippen LogP contribution >= 0.6 is 11.3 Å². The molecule has 1 aliphatic heterocycles. The molecule has 0 bridgehead atoms. The molecule has 1 N–H and O–H groups in total. The number of anilines is 2. The maximum absolute atomic E-state index is 4.61. The highest BCUT2D eigenvalue weighted by Crippen LogP contribution is 2.27. The van der Waals surface area contributed by atoms with E-state index in [2.05, 4.69) is 44.2 Å². The monoisotopic (exact) mass is 290 g/mol. The van der Waals surface area contributed by atoms with Crippen molar-refractivity contribution in [2.45, 2.75) is 32.7 Å². The summed E-state index contributed by atoms with van der Waals surface area (Å²) in [6.07, 6.45) is 0. The third-order valence-corrected chi connectivity index (χ3v) is 4.08. The lowest BCUT2D eigenvalue weighted by Crippen LogP contribution is -2.49. The van der Waals surface area contributed by atoms with Gasteiger partial charge >= 0.3 is 0 Å². The fourth-order valence-electron chi connectivity index (χ4n) is 2.27. The topological polar surface area (TPSA) is 66.8 Å². The Hall–Kier alpha value is -1.60. The molecule has 20 heavy (non-hydrogen) atoms. The molecule has 0 aromatic carbocycles. The van der Waals surface area contributed by atoms with E-state index in [-0.39, 0.29) is 0 Å². The van der Waals surface area contributed by atoms with Gasteiger partial charge in [-0.2, -0.15) is 0 Å². The molecule has 3 heterocycles. The van der Waals surface area contributed by atoms with E-state index in [4.69, 9.17) is 0 Å². The average molecular weight is 290 g/mol. The summed E-state index contributed by atoms with van der Waals surface area (Å²) >= 11 is 1.46. The zero-order valence-electron chi connectivity index (χ0n) is 11.9. The molecule has 1 aliphatic rings. The van der Waals surface area contributed by atoms with Gasteiger partial charge in [-0.3, -0.25) is 4.90 Å². The molecule has 1 saturated heterocycles. The zero-order valence-corrected chi connectivity index (χ0v) is 12.7. The highest BCUT2D eigenvalue weighted by atomic mass is 32.1. The molecule has 0 aliphatic carbocycles. The molecular formula is C13H18N6S. The van der Waals surface area contributed by atoms with E-state index in [0.717, 1.165) is 35.6 Å². The minimum absolute atomic E-state index is 0.437. The number of rotatable bonds is 4. The number of aryl methyl sites for hydroxylation is 1. The van der Waals surface area contributed by atoms with Gasteiger partial charge in [-0.1, -0.05) is 11.3 Å². The lowest BCUT2D eigenvalue weighted by atomic mass is 9.97. The Morgan fingerprint density at radius 3 is 2.80 bits per heavy atom. The van der Waals surface area contributed by atoms with Gasteiger partial charge in [0.2, 0.25) is 5.13 Å². The van der Waals surface area contributed by atoms with Crippen molar-refractivity contribution in [1.29, 1.82) is 0 Å². The molecule has 2 aromatic rings. The first-order chi connectivity index (χ1) is 9.61. The first-order valence-electron chi connectivity index (χ1n) is 6.74. The normalized spacial score (nSPS) is 16.4. The maximum atomic E-state index is 4.61. The van der Waals surface area contributed by atoms with Crippen molar-refractivity contribution < 1.29 is 0 Å². The van der Waals surface area contributed by atoms with E-state index in [1.807, 2.05) is 13.0 Å². The lowest BCUT2D eigenvalue weighted by Gasteiger charge is -2.41. The second-order valence-corrected chi connectivity index (χ2v) is 6.20. The largest absolute Gasteiger partial charge is 0.315 e. The van der Waals surface area contributed by atoms with Crippen LogP contribution in [0.4, 0.5) is 10.9 Å². The Morgan fingerprint density at radius 2 is 2.15 bits per heavy atom. The van der Waals surface area contributed by atoms with Gasteiger partial charge < -0.3 is 5.32 Å². The zero-order chi connectivity index (χ0) is 14.1. The summed E-state index contributed by atoms with van der Waals surface area (Å²) < 4.78 is 0. The quantitative estimate of drug-likeness (QED) is 0.931. The third-order valence-electron chi connectivity index (χ3n) is 3.47. The van der Waals surface area contributed by atoms with Crippen LogP contribution in [0.5, 0.6) is 0 Å². The van der Waals surface area contributed by atoms with Gasteiger partial charge in [0.05, 0.1) is 0 Å². The van der Waals surface area contributed by atoms with Crippen molar-refractivity contribution in [3.8, 4) is 0 Å². The molecule has 0 radical (unpaired) electrons. The van der Waals surface area contributed by atoms with E-state index < -0.39 is 0 Å². The SMILES string of the molecule is Cc1cc(Nc2nncs2)nc(C2CN(C(C)C)C2)n1. The molecule has 0 saturated carbocycles. The number of hydrogen-bond acceptors (Lipinski definition) is 7. The Bertz CT molecular complexity index is 577. The van der Waals surface area contributed by atoms with Crippen LogP contribution in [0, 0.1) is 6.92 Å². The van der Waals surface area contributed by atoms with Crippen molar-refractivity contribution in [3.63, 3.8) is 0 Å². The van der Waals surface area contributed by atoms with Crippen LogP contribution in [0.1, 0.15) is 31.3 Å². The number of aromatic nitrogens is 4. The molecule has 2 aromatic heterocycles. The van der Waals surface area contributed by atoms with Crippen LogP contribution in [0.25, 0.3) is 0 Å². The second kappa shape index (κ2) is 5.41. The molecule has 3 rings (SSSR count). The molecule has 6 nitrogen and oxygen atoms in total. The number of hydrogen-bond donors (Lipinski definition) is 1. The first-order valence-corrected chi connectivity index (χ1v) is 7.62. The summed E-state index contributed by atoms with van der Waals surface area (Å²) in [4.78, 5) is 11.6. The van der Waals surface area contributed by atoms with Crippen LogP contribution in [-0.2, 0) is 0 Å². The van der Waals surface area contributed by atoms with Gasteiger partial charge in [-0.25, -0.2) is 9.97 Å². The lowest BCUT2D eigenvalue weighted by molar-refractivity contribution is 0.105. The molecule has 1 fully saturated rings. The molecule has 106 valence electrons. The third kappa shape index (κ3) is 2.78. The van der Waals surface area contributed by atoms with Crippen molar-refractivity contribution in [2.24, 2.45) is 0 Å². The van der Waals surface area contributed by atoms with Crippen LogP contribution in [0.2, 0.25) is 0 Å². The highest BCUT2D eigenvalue weighted by Gasteiger charge is 2.31. The van der Waals surface area contributed by atoms with E-state index in [9.17, 15) is 0 Å². The van der Waals surface area contributed by atoms with E-state index in [0.29, 0.717) is 12.0 Å². The predicted octanol–water partition coefficient (Wildman–Crippen LogP) is 2.19. The molecule has 0 amide bonds. The number of likely N-dealkylation sites (tertiary alicyclic amines) is 1. The molecular weight excluding hydrogens is 272 g/mol. The summed E-state index contributed by atoms with van der Waals surface area (Å²) in [5, 5.41) is 11.7. The van der Waals surface area contributed by atoms with Crippen molar-refractivity contribution in [1.82, 2.24) is 25.1 Å². The van der Waals surface area contributed by atoms with Crippen LogP contribution in [0.15, 0.2) is 11.6 Å². The summed E-state index contributed by atoms with van der Waals surface area (Å²) in [5.74, 6) is 2.16. The smallest absolute Gasteiger partial charge is 0.210 e. The highest BCUT2D eigenvalue weighted by molar-refractivity contribution is 7.13. The Labute approximate surface area is 122 Å². The summed E-state index contributed by atoms with van der Waals surface area (Å²) in [6.45, 7) is 8.51. The van der Waals surface area contributed by atoms with Gasteiger partial charge in [0.1, 0.15) is 17.2 Å². The van der Waals surface area contributed by atoms with Crippen LogP contribution in [0.3, 0.4) is 0 Å². The fourth-order valence-corrected chi connectivity index (χ4v) is 2.72. The molecule has 0 atom stereocenters. The van der Waals surface area contributed by atoms with Crippen molar-refractivity contribution >= 4 is 22.3 Å². The van der Waals surface area contributed by atoms with Crippen molar-refractivity contribution in [3.05, 3.63) is 23.1 Å². The van der Waals surface area contributed by atoms with Gasteiger partial charge in [0.15, 0.2) is 0 Å². The predicted molar refractivity (Wildman–Crippen MR) is 79.4 cm³/mol. The molecule has 0 spiro atoms. The standard InChI is InChI=1S/C13H18N6S/c1-8(2)19-5-10(6-19)12-15-9(3)4-11(16-12)17-13-18-14-7-20-13/h4,7-8,10H,5-6H2,1-3H3,(H,15,16,17,18). The van der Waals surface area contributed by atoms with E-state index in [1.54, 1.807) is 5.51 Å². The summed E-state index contributed by atoms with van der Waals surface area (Å²) in [5.41, 5.74) is 2.68. The minimum atomic E-state index is 0.437. The fraction of sp³-hybridized carbons (Fsp3) is 0.538. The Morgan fingerprint density at radius 1 is 1.35 bits per heavy atom. The van der Waals surface area contributed by atoms with Gasteiger partial charge in [0.25, 0.3) is 0 Å². The first kappa shape index (κ1) is 13.4. The summed E-state index contributed by atoms with van der Waals surface area (Å²) in [7, 11) is 0. The van der Waals surface area contributed by atoms with E-state index >= 15 is 0 Å². The van der Waals surface area contributed by atoms with E-state index in [1.165, 1.54) is 11.3 Å². The van der Waals surface area contributed by atoms with Crippen molar-refractivity contribution in [2.75, 3.05) is 18.4 Å². The van der Waals surface area contributed by atoms with Gasteiger partial charge in [0, 0.05) is 36.8 Å². The average Bonchev–Trinajstić information content (AvgIpc) is 2.78.